The van der Waals surface area contributed by atoms with Crippen LogP contribution in [0.3, 0.4) is 0 Å². The van der Waals surface area contributed by atoms with E-state index in [1.807, 2.05) is 6.20 Å². The van der Waals surface area contributed by atoms with Gasteiger partial charge >= 0.3 is 0 Å². The van der Waals surface area contributed by atoms with Gasteiger partial charge in [-0.2, -0.15) is 0 Å². The number of benzene rings is 1. The Balaban J connectivity index is 2.05. The number of rotatable bonds is 4. The first-order valence-electron chi connectivity index (χ1n) is 5.16. The molecule has 0 spiro atoms. The molecular weight excluding hydrogens is 284 g/mol. The van der Waals surface area contributed by atoms with Gasteiger partial charge in [0, 0.05) is 22.0 Å². The molecule has 4 heteroatoms. The lowest BCUT2D eigenvalue weighted by Gasteiger charge is -1.97. The molecule has 0 saturated heterocycles. The van der Waals surface area contributed by atoms with E-state index in [1.165, 1.54) is 10.4 Å². The van der Waals surface area contributed by atoms with Gasteiger partial charge in [-0.05, 0) is 30.7 Å². The third-order valence-electron chi connectivity index (χ3n) is 2.26. The van der Waals surface area contributed by atoms with Crippen LogP contribution in [0, 0.1) is 0 Å². The van der Waals surface area contributed by atoms with Crippen LogP contribution >= 0.6 is 27.3 Å². The number of thiazole rings is 1. The molecule has 0 atom stereocenters. The molecule has 2 nitrogen and oxygen atoms in total. The summed E-state index contributed by atoms with van der Waals surface area (Å²) in [6, 6.07) is 8.36. The van der Waals surface area contributed by atoms with Crippen LogP contribution in [-0.2, 0) is 12.8 Å². The number of hydrogen-bond donors (Lipinski definition) is 1. The van der Waals surface area contributed by atoms with Gasteiger partial charge in [-0.1, -0.05) is 28.1 Å². The fraction of sp³-hybridized carbons (Fsp3) is 0.250. The second kappa shape index (κ2) is 5.57. The molecule has 0 aliphatic heterocycles. The molecule has 0 fully saturated rings. The summed E-state index contributed by atoms with van der Waals surface area (Å²) in [5.41, 5.74) is 6.80. The number of aromatic nitrogens is 1. The smallest absolute Gasteiger partial charge is 0.0971 e. The van der Waals surface area contributed by atoms with Gasteiger partial charge in [-0.3, -0.25) is 0 Å². The number of halogens is 1. The van der Waals surface area contributed by atoms with Gasteiger partial charge < -0.3 is 5.73 Å². The lowest BCUT2D eigenvalue weighted by atomic mass is 10.2. The first kappa shape index (κ1) is 11.8. The van der Waals surface area contributed by atoms with Crippen molar-refractivity contribution in [3.8, 4) is 0 Å². The van der Waals surface area contributed by atoms with Gasteiger partial charge in [0.05, 0.1) is 5.01 Å². The molecular formula is C12H13BrN2S. The monoisotopic (exact) mass is 296 g/mol. The molecule has 2 N–H and O–H groups in total. The van der Waals surface area contributed by atoms with Crippen molar-refractivity contribution in [2.45, 2.75) is 12.8 Å². The van der Waals surface area contributed by atoms with Crippen LogP contribution in [0.2, 0.25) is 0 Å². The Hall–Kier alpha value is -0.710. The van der Waals surface area contributed by atoms with Crippen LogP contribution in [0.1, 0.15) is 15.4 Å². The van der Waals surface area contributed by atoms with Crippen LogP contribution in [0.5, 0.6) is 0 Å². The zero-order valence-electron chi connectivity index (χ0n) is 8.82. The van der Waals surface area contributed by atoms with E-state index in [-0.39, 0.29) is 0 Å². The van der Waals surface area contributed by atoms with E-state index in [2.05, 4.69) is 45.2 Å². The standard InChI is InChI=1S/C12H13BrN2S/c13-10-3-1-9(2-4-10)7-12-15-8-11(16-12)5-6-14/h1-4,8H,5-7,14H2. The molecule has 0 amide bonds. The van der Waals surface area contributed by atoms with Crippen LogP contribution < -0.4 is 5.73 Å². The maximum absolute atomic E-state index is 5.51. The average molecular weight is 297 g/mol. The van der Waals surface area contributed by atoms with Crippen LogP contribution in [0.15, 0.2) is 34.9 Å². The molecule has 1 heterocycles. The fourth-order valence-corrected chi connectivity index (χ4v) is 2.70. The second-order valence-corrected chi connectivity index (χ2v) is 5.68. The Morgan fingerprint density at radius 2 is 2.00 bits per heavy atom. The maximum atomic E-state index is 5.51. The predicted molar refractivity (Wildman–Crippen MR) is 71.8 cm³/mol. The zero-order chi connectivity index (χ0) is 11.4. The van der Waals surface area contributed by atoms with E-state index >= 15 is 0 Å². The van der Waals surface area contributed by atoms with E-state index in [0.29, 0.717) is 6.54 Å². The highest BCUT2D eigenvalue weighted by Crippen LogP contribution is 2.18. The molecule has 0 radical (unpaired) electrons. The molecule has 2 rings (SSSR count). The summed E-state index contributed by atoms with van der Waals surface area (Å²) < 4.78 is 1.11. The summed E-state index contributed by atoms with van der Waals surface area (Å²) >= 11 is 5.18. The summed E-state index contributed by atoms with van der Waals surface area (Å²) in [6.07, 6.45) is 3.77. The minimum absolute atomic E-state index is 0.694. The number of hydrogen-bond acceptors (Lipinski definition) is 3. The average Bonchev–Trinajstić information content (AvgIpc) is 2.70. The number of nitrogens with zero attached hydrogens (tertiary/aromatic N) is 1. The molecule has 84 valence electrons. The van der Waals surface area contributed by atoms with Gasteiger partial charge in [0.1, 0.15) is 0 Å². The molecule has 0 bridgehead atoms. The zero-order valence-corrected chi connectivity index (χ0v) is 11.2. The molecule has 2 aromatic rings. The number of nitrogens with two attached hydrogens (primary N) is 1. The van der Waals surface area contributed by atoms with E-state index in [4.69, 9.17) is 5.73 Å². The minimum atomic E-state index is 0.694. The van der Waals surface area contributed by atoms with Gasteiger partial charge in [0.2, 0.25) is 0 Å². The summed E-state index contributed by atoms with van der Waals surface area (Å²) in [5.74, 6) is 0. The van der Waals surface area contributed by atoms with Gasteiger partial charge in [-0.15, -0.1) is 11.3 Å². The van der Waals surface area contributed by atoms with Crippen molar-refractivity contribution < 1.29 is 0 Å². The van der Waals surface area contributed by atoms with Gasteiger partial charge in [-0.25, -0.2) is 4.98 Å². The topological polar surface area (TPSA) is 38.9 Å². The summed E-state index contributed by atoms with van der Waals surface area (Å²) in [7, 11) is 0. The molecule has 0 aliphatic carbocycles. The highest BCUT2D eigenvalue weighted by Gasteiger charge is 2.02. The Morgan fingerprint density at radius 1 is 1.25 bits per heavy atom. The normalized spacial score (nSPS) is 10.6. The molecule has 0 saturated carbocycles. The summed E-state index contributed by atoms with van der Waals surface area (Å²) in [5, 5.41) is 1.16. The third-order valence-corrected chi connectivity index (χ3v) is 3.85. The molecule has 16 heavy (non-hydrogen) atoms. The van der Waals surface area contributed by atoms with Crippen molar-refractivity contribution in [1.29, 1.82) is 0 Å². The van der Waals surface area contributed by atoms with Crippen molar-refractivity contribution in [2.24, 2.45) is 5.73 Å². The van der Waals surface area contributed by atoms with E-state index in [9.17, 15) is 0 Å². The van der Waals surface area contributed by atoms with Crippen LogP contribution in [-0.4, -0.2) is 11.5 Å². The van der Waals surface area contributed by atoms with Crippen molar-refractivity contribution in [3.05, 3.63) is 50.4 Å². The Labute approximate surface area is 108 Å². The van der Waals surface area contributed by atoms with Crippen LogP contribution in [0.25, 0.3) is 0 Å². The largest absolute Gasteiger partial charge is 0.330 e. The molecule has 1 aromatic carbocycles. The van der Waals surface area contributed by atoms with E-state index in [1.54, 1.807) is 11.3 Å². The van der Waals surface area contributed by atoms with Crippen molar-refractivity contribution in [1.82, 2.24) is 4.98 Å². The highest BCUT2D eigenvalue weighted by atomic mass is 79.9. The summed E-state index contributed by atoms with van der Waals surface area (Å²) in [6.45, 7) is 0.694. The molecule has 0 unspecified atom stereocenters. The van der Waals surface area contributed by atoms with Gasteiger partial charge in [0.25, 0.3) is 0 Å². The first-order valence-corrected chi connectivity index (χ1v) is 6.77. The lowest BCUT2D eigenvalue weighted by molar-refractivity contribution is 0.983. The highest BCUT2D eigenvalue weighted by molar-refractivity contribution is 9.10. The third kappa shape index (κ3) is 3.14. The second-order valence-electron chi connectivity index (χ2n) is 3.56. The SMILES string of the molecule is NCCc1cnc(Cc2ccc(Br)cc2)s1. The first-order chi connectivity index (χ1) is 7.78. The van der Waals surface area contributed by atoms with E-state index < -0.39 is 0 Å². The van der Waals surface area contributed by atoms with Crippen LogP contribution in [0.4, 0.5) is 0 Å². The molecule has 0 aliphatic rings. The Kier molecular flexibility index (Phi) is 4.09. The molecule has 1 aromatic heterocycles. The Bertz CT molecular complexity index is 450. The van der Waals surface area contributed by atoms with Crippen molar-refractivity contribution >= 4 is 27.3 Å². The van der Waals surface area contributed by atoms with Crippen molar-refractivity contribution in [2.75, 3.05) is 6.54 Å². The fourth-order valence-electron chi connectivity index (χ4n) is 1.46. The van der Waals surface area contributed by atoms with Gasteiger partial charge in [0.15, 0.2) is 0 Å². The van der Waals surface area contributed by atoms with Crippen molar-refractivity contribution in [3.63, 3.8) is 0 Å². The summed E-state index contributed by atoms with van der Waals surface area (Å²) in [4.78, 5) is 5.68. The Morgan fingerprint density at radius 3 is 2.69 bits per heavy atom. The minimum Gasteiger partial charge on any atom is -0.330 e. The maximum Gasteiger partial charge on any atom is 0.0971 e. The predicted octanol–water partition coefficient (Wildman–Crippen LogP) is 3.00. The lowest BCUT2D eigenvalue weighted by Crippen LogP contribution is -2.00. The quantitative estimate of drug-likeness (QED) is 0.942. The van der Waals surface area contributed by atoms with E-state index in [0.717, 1.165) is 22.3 Å².